The largest absolute Gasteiger partial charge is 0.481 e. The first kappa shape index (κ1) is 16.7. The summed E-state index contributed by atoms with van der Waals surface area (Å²) >= 11 is 0. The summed E-state index contributed by atoms with van der Waals surface area (Å²) in [6.45, 7) is 4.38. The highest BCUT2D eigenvalue weighted by atomic mass is 16.5. The van der Waals surface area contributed by atoms with Gasteiger partial charge < -0.3 is 9.47 Å². The predicted octanol–water partition coefficient (Wildman–Crippen LogP) is 3.12. The van der Waals surface area contributed by atoms with E-state index >= 15 is 0 Å². The van der Waals surface area contributed by atoms with E-state index in [0.29, 0.717) is 17.8 Å². The minimum absolute atomic E-state index is 0.292. The van der Waals surface area contributed by atoms with Crippen molar-refractivity contribution in [2.24, 2.45) is 5.92 Å². The molecule has 1 aliphatic heterocycles. The van der Waals surface area contributed by atoms with Crippen LogP contribution in [-0.4, -0.2) is 42.2 Å². The molecule has 1 aliphatic rings. The van der Waals surface area contributed by atoms with Crippen LogP contribution >= 0.6 is 0 Å². The number of likely N-dealkylation sites (tertiary alicyclic amines) is 1. The molecule has 0 spiro atoms. The summed E-state index contributed by atoms with van der Waals surface area (Å²) in [7, 11) is 3.34. The number of hydrogen-bond donors (Lipinski definition) is 0. The molecule has 0 aromatic carbocycles. The summed E-state index contributed by atoms with van der Waals surface area (Å²) < 4.78 is 10.6. The molecule has 1 unspecified atom stereocenters. The zero-order valence-corrected chi connectivity index (χ0v) is 14.6. The molecule has 0 N–H and O–H groups in total. The van der Waals surface area contributed by atoms with Crippen LogP contribution in [0.15, 0.2) is 36.5 Å². The zero-order chi connectivity index (χ0) is 16.9. The van der Waals surface area contributed by atoms with E-state index in [1.807, 2.05) is 18.2 Å². The molecule has 0 saturated carbocycles. The normalized spacial score (nSPS) is 19.2. The molecule has 2 aromatic heterocycles. The Kier molecular flexibility index (Phi) is 5.30. The third-order valence-corrected chi connectivity index (χ3v) is 4.80. The molecule has 1 fully saturated rings. The van der Waals surface area contributed by atoms with Gasteiger partial charge in [0, 0.05) is 30.4 Å². The number of nitrogens with zero attached hydrogens (tertiary/aromatic N) is 3. The van der Waals surface area contributed by atoms with Crippen molar-refractivity contribution in [3.05, 3.63) is 47.8 Å². The monoisotopic (exact) mass is 327 g/mol. The van der Waals surface area contributed by atoms with Gasteiger partial charge in [-0.2, -0.15) is 0 Å². The molecule has 3 rings (SSSR count). The van der Waals surface area contributed by atoms with Crippen LogP contribution in [-0.2, 0) is 6.42 Å². The fourth-order valence-corrected chi connectivity index (χ4v) is 3.42. The smallest absolute Gasteiger partial charge is 0.216 e. The summed E-state index contributed by atoms with van der Waals surface area (Å²) in [4.78, 5) is 11.4. The van der Waals surface area contributed by atoms with Crippen LogP contribution in [0, 0.1) is 5.92 Å². The van der Waals surface area contributed by atoms with E-state index in [1.165, 1.54) is 12.0 Å². The van der Waals surface area contributed by atoms with Crippen molar-refractivity contribution >= 4 is 0 Å². The predicted molar refractivity (Wildman–Crippen MR) is 93.4 cm³/mol. The molecule has 2 atom stereocenters. The number of rotatable bonds is 6. The van der Waals surface area contributed by atoms with E-state index in [2.05, 4.69) is 33.9 Å². The lowest BCUT2D eigenvalue weighted by molar-refractivity contribution is 0.246. The average molecular weight is 327 g/mol. The van der Waals surface area contributed by atoms with Gasteiger partial charge in [-0.3, -0.25) is 4.90 Å². The molecule has 128 valence electrons. The van der Waals surface area contributed by atoms with Crippen molar-refractivity contribution in [3.8, 4) is 11.8 Å². The van der Waals surface area contributed by atoms with Crippen molar-refractivity contribution < 1.29 is 9.47 Å². The Morgan fingerprint density at radius 1 is 1.21 bits per heavy atom. The minimum Gasteiger partial charge on any atom is -0.481 e. The van der Waals surface area contributed by atoms with Gasteiger partial charge in [0.05, 0.1) is 19.9 Å². The third-order valence-electron chi connectivity index (χ3n) is 4.80. The van der Waals surface area contributed by atoms with Gasteiger partial charge in [-0.15, -0.1) is 0 Å². The fourth-order valence-electron chi connectivity index (χ4n) is 3.42. The minimum atomic E-state index is 0.292. The lowest BCUT2D eigenvalue weighted by Gasteiger charge is -2.24. The van der Waals surface area contributed by atoms with E-state index in [0.717, 1.165) is 31.1 Å². The highest BCUT2D eigenvalue weighted by Gasteiger charge is 2.28. The van der Waals surface area contributed by atoms with Gasteiger partial charge in [-0.25, -0.2) is 9.97 Å². The van der Waals surface area contributed by atoms with Gasteiger partial charge in [-0.1, -0.05) is 12.1 Å². The van der Waals surface area contributed by atoms with Crippen molar-refractivity contribution in [2.45, 2.75) is 25.8 Å². The van der Waals surface area contributed by atoms with Crippen LogP contribution in [0.3, 0.4) is 0 Å². The SMILES string of the molecule is COc1cccc(C(C)N2CC[C@H](Cc3cccnc3OC)C2)n1. The quantitative estimate of drug-likeness (QED) is 0.816. The van der Waals surface area contributed by atoms with Crippen molar-refractivity contribution in [2.75, 3.05) is 27.3 Å². The lowest BCUT2D eigenvalue weighted by Crippen LogP contribution is -2.25. The fraction of sp³-hybridized carbons (Fsp3) is 0.474. The summed E-state index contributed by atoms with van der Waals surface area (Å²) in [5.74, 6) is 2.05. The van der Waals surface area contributed by atoms with Crippen LogP contribution in [0.2, 0.25) is 0 Å². The van der Waals surface area contributed by atoms with Crippen molar-refractivity contribution in [1.82, 2.24) is 14.9 Å². The van der Waals surface area contributed by atoms with E-state index in [-0.39, 0.29) is 0 Å². The van der Waals surface area contributed by atoms with Crippen molar-refractivity contribution in [1.29, 1.82) is 0 Å². The zero-order valence-electron chi connectivity index (χ0n) is 14.6. The Hall–Kier alpha value is -2.14. The topological polar surface area (TPSA) is 47.5 Å². The molecule has 0 aliphatic carbocycles. The highest BCUT2D eigenvalue weighted by molar-refractivity contribution is 5.26. The Morgan fingerprint density at radius 2 is 2.08 bits per heavy atom. The van der Waals surface area contributed by atoms with E-state index in [9.17, 15) is 0 Å². The Morgan fingerprint density at radius 3 is 2.88 bits per heavy atom. The average Bonchev–Trinajstić information content (AvgIpc) is 3.10. The molecule has 24 heavy (non-hydrogen) atoms. The number of aromatic nitrogens is 2. The molecule has 0 amide bonds. The second-order valence-electron chi connectivity index (χ2n) is 6.31. The highest BCUT2D eigenvalue weighted by Crippen LogP contribution is 2.30. The second kappa shape index (κ2) is 7.62. The number of ether oxygens (including phenoxy) is 2. The molecule has 5 heteroatoms. The maximum Gasteiger partial charge on any atom is 0.216 e. The standard InChI is InChI=1S/C19H25N3O2/c1-14(17-7-4-8-18(21-17)23-2)22-11-9-15(13-22)12-16-6-5-10-20-19(16)24-3/h4-8,10,14-15H,9,11-13H2,1-3H3/t14?,15-/m1/s1. The number of pyridine rings is 2. The molecule has 0 radical (unpaired) electrons. The van der Waals surface area contributed by atoms with Gasteiger partial charge in [-0.05, 0) is 44.4 Å². The van der Waals surface area contributed by atoms with Gasteiger partial charge in [0.15, 0.2) is 0 Å². The van der Waals surface area contributed by atoms with Gasteiger partial charge in [0.25, 0.3) is 0 Å². The first-order chi connectivity index (χ1) is 11.7. The Bertz CT molecular complexity index is 677. The van der Waals surface area contributed by atoms with E-state index in [4.69, 9.17) is 9.47 Å². The first-order valence-electron chi connectivity index (χ1n) is 8.44. The molecule has 5 nitrogen and oxygen atoms in total. The molecule has 1 saturated heterocycles. The maximum absolute atomic E-state index is 5.38. The third kappa shape index (κ3) is 3.67. The van der Waals surface area contributed by atoms with Gasteiger partial charge in [0.1, 0.15) is 0 Å². The summed E-state index contributed by atoms with van der Waals surface area (Å²) in [5, 5.41) is 0. The number of hydrogen-bond acceptors (Lipinski definition) is 5. The molecular formula is C19H25N3O2. The lowest BCUT2D eigenvalue weighted by atomic mass is 9.99. The van der Waals surface area contributed by atoms with E-state index in [1.54, 1.807) is 20.4 Å². The van der Waals surface area contributed by atoms with E-state index < -0.39 is 0 Å². The number of methoxy groups -OCH3 is 2. The molecule has 2 aromatic rings. The van der Waals surface area contributed by atoms with Crippen LogP contribution in [0.25, 0.3) is 0 Å². The van der Waals surface area contributed by atoms with Crippen LogP contribution in [0.4, 0.5) is 0 Å². The van der Waals surface area contributed by atoms with Crippen LogP contribution in [0.1, 0.15) is 30.6 Å². The first-order valence-corrected chi connectivity index (χ1v) is 8.44. The van der Waals surface area contributed by atoms with Crippen molar-refractivity contribution in [3.63, 3.8) is 0 Å². The van der Waals surface area contributed by atoms with Crippen LogP contribution < -0.4 is 9.47 Å². The van der Waals surface area contributed by atoms with Crippen LogP contribution in [0.5, 0.6) is 11.8 Å². The maximum atomic E-state index is 5.38. The molecule has 0 bridgehead atoms. The van der Waals surface area contributed by atoms with Gasteiger partial charge in [0.2, 0.25) is 11.8 Å². The summed E-state index contributed by atoms with van der Waals surface area (Å²) in [5.41, 5.74) is 2.26. The second-order valence-corrected chi connectivity index (χ2v) is 6.31. The Labute approximate surface area is 143 Å². The summed E-state index contributed by atoms with van der Waals surface area (Å²) in [6.07, 6.45) is 3.97. The Balaban J connectivity index is 1.64. The molecule has 3 heterocycles. The molecular weight excluding hydrogens is 302 g/mol. The summed E-state index contributed by atoms with van der Waals surface area (Å²) in [6, 6.07) is 10.4. The van der Waals surface area contributed by atoms with Gasteiger partial charge >= 0.3 is 0 Å².